The van der Waals surface area contributed by atoms with Crippen molar-refractivity contribution in [1.82, 2.24) is 4.57 Å². The Hall–Kier alpha value is -9.80. The highest BCUT2D eigenvalue weighted by atomic mass is 32.1. The van der Waals surface area contributed by atoms with Gasteiger partial charge in [0.15, 0.2) is 0 Å². The van der Waals surface area contributed by atoms with Crippen LogP contribution in [-0.4, -0.2) is 4.57 Å². The number of rotatable bonds is 10. The molecule has 2 heterocycles. The second kappa shape index (κ2) is 18.8. The van der Waals surface area contributed by atoms with E-state index in [0.717, 1.165) is 61.7 Å². The maximum Gasteiger partial charge on any atom is 0.0713 e. The fourth-order valence-corrected chi connectivity index (χ4v) is 13.8. The molecular weight excluding hydrogens is 961 g/mol. The Morgan fingerprint density at radius 1 is 0.372 bits per heavy atom. The van der Waals surface area contributed by atoms with E-state index in [1.54, 1.807) is 0 Å². The minimum Gasteiger partial charge on any atom is -0.310 e. The zero-order valence-corrected chi connectivity index (χ0v) is 43.5. The van der Waals surface area contributed by atoms with Crippen LogP contribution in [0.1, 0.15) is 38.9 Å². The molecule has 2 nitrogen and oxygen atoms in total. The van der Waals surface area contributed by atoms with Crippen molar-refractivity contribution in [2.75, 3.05) is 4.90 Å². The molecule has 78 heavy (non-hydrogen) atoms. The lowest BCUT2D eigenvalue weighted by molar-refractivity contribution is 0.768. The highest BCUT2D eigenvalue weighted by molar-refractivity contribution is 7.25. The molecule has 0 unspecified atom stereocenters. The van der Waals surface area contributed by atoms with Gasteiger partial charge < -0.3 is 9.47 Å². The summed E-state index contributed by atoms with van der Waals surface area (Å²) in [5.41, 5.74) is 20.7. The number of fused-ring (bicyclic) bond motifs is 9. The van der Waals surface area contributed by atoms with Crippen LogP contribution >= 0.6 is 11.3 Å². The fourth-order valence-electron chi connectivity index (χ4n) is 12.7. The first-order chi connectivity index (χ1) is 38.7. The third kappa shape index (κ3) is 7.39. The van der Waals surface area contributed by atoms with Crippen LogP contribution < -0.4 is 4.90 Å². The third-order valence-corrected chi connectivity index (χ3v) is 17.2. The van der Waals surface area contributed by atoms with Gasteiger partial charge in [-0.2, -0.15) is 0 Å². The molecule has 0 saturated heterocycles. The van der Waals surface area contributed by atoms with E-state index in [1.165, 1.54) is 69.8 Å². The van der Waals surface area contributed by atoms with Crippen molar-refractivity contribution in [3.63, 3.8) is 0 Å². The van der Waals surface area contributed by atoms with Gasteiger partial charge in [-0.05, 0) is 140 Å². The van der Waals surface area contributed by atoms with E-state index in [2.05, 4.69) is 313 Å². The Kier molecular flexibility index (Phi) is 11.0. The summed E-state index contributed by atoms with van der Waals surface area (Å²) in [7, 11) is 0. The SMILES string of the molecule is C(=C(c1cccc(-c2ccccc2N(c2ccccc2)c2ccc3c4cc5c(cc4n(-c4ccccc4)c3c2)sc2ccccc25)c1)c1ccc2c(c1)C(c1ccccc1)(c1ccccc1)c1ccccc1-2)c1ccccc1. The molecule has 1 aliphatic carbocycles. The Morgan fingerprint density at radius 3 is 1.76 bits per heavy atom. The summed E-state index contributed by atoms with van der Waals surface area (Å²) in [4.78, 5) is 2.44. The van der Waals surface area contributed by atoms with Crippen LogP contribution in [0.2, 0.25) is 0 Å². The fraction of sp³-hybridized carbons (Fsp3) is 0.0133. The molecule has 0 N–H and O–H groups in total. The summed E-state index contributed by atoms with van der Waals surface area (Å²) >= 11 is 1.87. The number of aromatic nitrogens is 1. The maximum atomic E-state index is 2.48. The summed E-state index contributed by atoms with van der Waals surface area (Å²) in [6, 6.07) is 110. The first-order valence-electron chi connectivity index (χ1n) is 26.8. The van der Waals surface area contributed by atoms with Gasteiger partial charge in [0.25, 0.3) is 0 Å². The van der Waals surface area contributed by atoms with Crippen LogP contribution in [0.5, 0.6) is 0 Å². The molecule has 0 amide bonds. The summed E-state index contributed by atoms with van der Waals surface area (Å²) in [5, 5.41) is 5.08. The molecule has 0 fully saturated rings. The van der Waals surface area contributed by atoms with Gasteiger partial charge in [0.05, 0.1) is 22.1 Å². The van der Waals surface area contributed by atoms with Crippen molar-refractivity contribution in [3.05, 3.63) is 336 Å². The third-order valence-electron chi connectivity index (χ3n) is 16.0. The van der Waals surface area contributed by atoms with E-state index in [1.807, 2.05) is 11.3 Å². The van der Waals surface area contributed by atoms with Crippen molar-refractivity contribution in [3.8, 4) is 27.9 Å². The second-order valence-corrected chi connectivity index (χ2v) is 21.4. The number of hydrogen-bond acceptors (Lipinski definition) is 2. The monoisotopic (exact) mass is 1010 g/mol. The molecule has 0 bridgehead atoms. The summed E-state index contributed by atoms with van der Waals surface area (Å²) in [6.07, 6.45) is 2.37. The first kappa shape index (κ1) is 45.6. The molecular formula is C75H50N2S. The minimum absolute atomic E-state index is 0.520. The molecule has 0 radical (unpaired) electrons. The number of hydrogen-bond donors (Lipinski definition) is 0. The predicted octanol–water partition coefficient (Wildman–Crippen LogP) is 20.2. The second-order valence-electron chi connectivity index (χ2n) is 20.4. The lowest BCUT2D eigenvalue weighted by Gasteiger charge is -2.34. The normalized spacial score (nSPS) is 12.8. The highest BCUT2D eigenvalue weighted by Gasteiger charge is 2.46. The number of anilines is 3. The molecule has 0 aliphatic heterocycles. The molecule has 12 aromatic carbocycles. The molecule has 0 saturated carbocycles. The van der Waals surface area contributed by atoms with Crippen LogP contribution in [0.4, 0.5) is 17.1 Å². The number of benzene rings is 12. The number of nitrogens with zero attached hydrogens (tertiary/aromatic N) is 2. The Bertz CT molecular complexity index is 4550. The number of thiophene rings is 1. The summed E-state index contributed by atoms with van der Waals surface area (Å²) < 4.78 is 5.06. The van der Waals surface area contributed by atoms with Crippen molar-refractivity contribution in [2.24, 2.45) is 0 Å². The lowest BCUT2D eigenvalue weighted by atomic mass is 9.67. The number of para-hydroxylation sites is 3. The molecule has 14 aromatic rings. The summed E-state index contributed by atoms with van der Waals surface area (Å²) in [6.45, 7) is 0. The van der Waals surface area contributed by atoms with Gasteiger partial charge in [-0.25, -0.2) is 0 Å². The van der Waals surface area contributed by atoms with E-state index in [9.17, 15) is 0 Å². The van der Waals surface area contributed by atoms with Gasteiger partial charge in [0.2, 0.25) is 0 Å². The van der Waals surface area contributed by atoms with E-state index in [-0.39, 0.29) is 0 Å². The largest absolute Gasteiger partial charge is 0.310 e. The van der Waals surface area contributed by atoms with Gasteiger partial charge in [-0.15, -0.1) is 11.3 Å². The van der Waals surface area contributed by atoms with Crippen molar-refractivity contribution in [1.29, 1.82) is 0 Å². The molecule has 3 heteroatoms. The summed E-state index contributed by atoms with van der Waals surface area (Å²) in [5.74, 6) is 0. The molecule has 0 spiro atoms. The molecule has 2 aromatic heterocycles. The Morgan fingerprint density at radius 2 is 0.987 bits per heavy atom. The van der Waals surface area contributed by atoms with Crippen LogP contribution in [0.25, 0.3) is 81.6 Å². The van der Waals surface area contributed by atoms with Crippen molar-refractivity contribution in [2.45, 2.75) is 5.41 Å². The van der Waals surface area contributed by atoms with Crippen LogP contribution in [0.15, 0.2) is 297 Å². The zero-order valence-electron chi connectivity index (χ0n) is 42.7. The Balaban J connectivity index is 0.906. The minimum atomic E-state index is -0.520. The van der Waals surface area contributed by atoms with Crippen LogP contribution in [0.3, 0.4) is 0 Å². The van der Waals surface area contributed by atoms with Gasteiger partial charge >= 0.3 is 0 Å². The van der Waals surface area contributed by atoms with Gasteiger partial charge in [0, 0.05) is 53.6 Å². The average Bonchev–Trinajstić information content (AvgIpc) is 4.34. The molecule has 15 rings (SSSR count). The molecule has 366 valence electrons. The zero-order chi connectivity index (χ0) is 51.6. The standard InChI is InChI=1S/C75H50N2S/c1-6-23-51(24-7-1)45-65(54-41-43-62-61-36-16-19-38-68(61)75(69(62)47-54,55-27-8-2-9-28-55)56-29-10-3-11-30-56)53-26-22-25-52(46-53)60-35-17-20-39-70(60)76(57-31-12-4-13-32-57)59-42-44-63-66-49-67-64-37-18-21-40-73(64)78-74(67)50-72(66)77(71(63)48-59)58-33-14-5-15-34-58/h1-50H. The van der Waals surface area contributed by atoms with E-state index in [0.29, 0.717) is 0 Å². The van der Waals surface area contributed by atoms with Gasteiger partial charge in [-0.1, -0.05) is 224 Å². The highest BCUT2D eigenvalue weighted by Crippen LogP contribution is 2.57. The van der Waals surface area contributed by atoms with Gasteiger partial charge in [-0.3, -0.25) is 0 Å². The first-order valence-corrected chi connectivity index (χ1v) is 27.6. The predicted molar refractivity (Wildman–Crippen MR) is 331 cm³/mol. The lowest BCUT2D eigenvalue weighted by Crippen LogP contribution is -2.28. The van der Waals surface area contributed by atoms with Crippen molar-refractivity contribution < 1.29 is 0 Å². The van der Waals surface area contributed by atoms with E-state index >= 15 is 0 Å². The maximum absolute atomic E-state index is 2.48. The Labute approximate surface area is 458 Å². The average molecular weight is 1010 g/mol. The quantitative estimate of drug-likeness (QED) is 0.124. The molecule has 1 aliphatic rings. The molecule has 0 atom stereocenters. The van der Waals surface area contributed by atoms with Gasteiger partial charge in [0.1, 0.15) is 0 Å². The topological polar surface area (TPSA) is 8.17 Å². The smallest absolute Gasteiger partial charge is 0.0713 e. The van der Waals surface area contributed by atoms with E-state index in [4.69, 9.17) is 0 Å². The van der Waals surface area contributed by atoms with E-state index < -0.39 is 5.41 Å². The van der Waals surface area contributed by atoms with Crippen molar-refractivity contribution >= 4 is 82.0 Å². The van der Waals surface area contributed by atoms with Crippen LogP contribution in [-0.2, 0) is 5.41 Å². The van der Waals surface area contributed by atoms with Crippen LogP contribution in [0, 0.1) is 0 Å².